The standard InChI is InChI=1S/C7H11BO3/c1-2-7-3-10-4(5(7)9)6(8)11-7/h4-6,9H,2-3H2,1H3/t4?,5?,6-,7+/m1/s1. The Morgan fingerprint density at radius 3 is 2.73 bits per heavy atom. The number of hydrogen-bond donors (Lipinski definition) is 1. The molecule has 1 N–H and O–H groups in total. The van der Waals surface area contributed by atoms with Crippen LogP contribution in [0, 0.1) is 0 Å². The lowest BCUT2D eigenvalue weighted by atomic mass is 9.91. The fraction of sp³-hybridized carbons (Fsp3) is 1.00. The lowest BCUT2D eigenvalue weighted by Gasteiger charge is -2.28. The van der Waals surface area contributed by atoms with Crippen LogP contribution < -0.4 is 0 Å². The van der Waals surface area contributed by atoms with E-state index in [0.29, 0.717) is 6.61 Å². The van der Waals surface area contributed by atoms with Gasteiger partial charge in [0.2, 0.25) is 0 Å². The van der Waals surface area contributed by atoms with Crippen molar-refractivity contribution in [3.63, 3.8) is 0 Å². The highest BCUT2D eigenvalue weighted by Gasteiger charge is 2.57. The molecule has 3 nitrogen and oxygen atoms in total. The van der Waals surface area contributed by atoms with E-state index in [1.807, 2.05) is 6.92 Å². The molecular formula is C7H11BO3. The van der Waals surface area contributed by atoms with Crippen molar-refractivity contribution in [2.75, 3.05) is 6.61 Å². The molecule has 0 aromatic heterocycles. The van der Waals surface area contributed by atoms with E-state index in [4.69, 9.17) is 17.3 Å². The predicted octanol–water partition coefficient (Wildman–Crippen LogP) is -0.580. The summed E-state index contributed by atoms with van der Waals surface area (Å²) >= 11 is 0. The van der Waals surface area contributed by atoms with Crippen molar-refractivity contribution in [3.8, 4) is 0 Å². The molecule has 2 radical (unpaired) electrons. The summed E-state index contributed by atoms with van der Waals surface area (Å²) in [5, 5.41) is 9.62. The molecular weight excluding hydrogens is 143 g/mol. The number of fused-ring (bicyclic) bond motifs is 2. The van der Waals surface area contributed by atoms with Crippen molar-refractivity contribution in [1.82, 2.24) is 0 Å². The largest absolute Gasteiger partial charge is 0.387 e. The molecule has 60 valence electrons. The van der Waals surface area contributed by atoms with E-state index in [0.717, 1.165) is 6.42 Å². The van der Waals surface area contributed by atoms with Crippen LogP contribution in [0.25, 0.3) is 0 Å². The van der Waals surface area contributed by atoms with Gasteiger partial charge >= 0.3 is 0 Å². The van der Waals surface area contributed by atoms with E-state index in [2.05, 4.69) is 0 Å². The zero-order valence-electron chi connectivity index (χ0n) is 6.49. The molecule has 11 heavy (non-hydrogen) atoms. The normalized spacial score (nSPS) is 55.3. The van der Waals surface area contributed by atoms with Crippen LogP contribution >= 0.6 is 0 Å². The fourth-order valence-electron chi connectivity index (χ4n) is 1.82. The summed E-state index contributed by atoms with van der Waals surface area (Å²) < 4.78 is 10.7. The Labute approximate surface area is 67.1 Å². The third kappa shape index (κ3) is 0.804. The molecule has 2 bridgehead atoms. The van der Waals surface area contributed by atoms with Crippen LogP contribution in [0.15, 0.2) is 0 Å². The summed E-state index contributed by atoms with van der Waals surface area (Å²) in [6.07, 6.45) is -0.101. The molecule has 0 aromatic carbocycles. The maximum atomic E-state index is 9.62. The third-order valence-corrected chi connectivity index (χ3v) is 2.66. The summed E-state index contributed by atoms with van der Waals surface area (Å²) in [6, 6.07) is -0.446. The van der Waals surface area contributed by atoms with Crippen LogP contribution in [-0.4, -0.2) is 43.4 Å². The minimum absolute atomic E-state index is 0.310. The molecule has 2 aliphatic rings. The van der Waals surface area contributed by atoms with Gasteiger partial charge in [0.25, 0.3) is 0 Å². The first-order chi connectivity index (χ1) is 5.19. The molecule has 0 aliphatic carbocycles. The number of hydrogen-bond acceptors (Lipinski definition) is 3. The van der Waals surface area contributed by atoms with Gasteiger partial charge in [-0.3, -0.25) is 0 Å². The van der Waals surface area contributed by atoms with Crippen molar-refractivity contribution in [3.05, 3.63) is 0 Å². The second-order valence-corrected chi connectivity index (χ2v) is 3.22. The maximum Gasteiger partial charge on any atom is 0.119 e. The summed E-state index contributed by atoms with van der Waals surface area (Å²) in [6.45, 7) is 2.44. The highest BCUT2D eigenvalue weighted by Crippen LogP contribution is 2.40. The van der Waals surface area contributed by atoms with E-state index in [1.165, 1.54) is 0 Å². The zero-order valence-corrected chi connectivity index (χ0v) is 6.49. The maximum absolute atomic E-state index is 9.62. The van der Waals surface area contributed by atoms with E-state index in [9.17, 15) is 5.11 Å². The first kappa shape index (κ1) is 7.59. The van der Waals surface area contributed by atoms with Gasteiger partial charge in [-0.25, -0.2) is 0 Å². The van der Waals surface area contributed by atoms with Gasteiger partial charge in [0.15, 0.2) is 0 Å². The molecule has 2 aliphatic heterocycles. The minimum atomic E-state index is -0.539. The molecule has 2 unspecified atom stereocenters. The first-order valence-corrected chi connectivity index (χ1v) is 3.93. The smallest absolute Gasteiger partial charge is 0.119 e. The van der Waals surface area contributed by atoms with Crippen LogP contribution in [0.3, 0.4) is 0 Å². The van der Waals surface area contributed by atoms with E-state index >= 15 is 0 Å². The Bertz CT molecular complexity index is 175. The summed E-state index contributed by atoms with van der Waals surface area (Å²) in [4.78, 5) is 0. The first-order valence-electron chi connectivity index (χ1n) is 3.93. The number of rotatable bonds is 1. The molecule has 0 saturated carbocycles. The van der Waals surface area contributed by atoms with Crippen molar-refractivity contribution < 1.29 is 14.6 Å². The van der Waals surface area contributed by atoms with Gasteiger partial charge < -0.3 is 14.6 Å². The Balaban J connectivity index is 2.24. The van der Waals surface area contributed by atoms with Gasteiger partial charge in [-0.15, -0.1) is 0 Å². The van der Waals surface area contributed by atoms with Gasteiger partial charge in [0.05, 0.1) is 6.61 Å². The Hall–Kier alpha value is -0.0551. The monoisotopic (exact) mass is 154 g/mol. The van der Waals surface area contributed by atoms with Gasteiger partial charge in [-0.2, -0.15) is 0 Å². The average Bonchev–Trinajstić information content (AvgIpc) is 2.42. The zero-order chi connectivity index (χ0) is 8.06. The van der Waals surface area contributed by atoms with Crippen molar-refractivity contribution in [1.29, 1.82) is 0 Å². The second kappa shape index (κ2) is 2.22. The fourth-order valence-corrected chi connectivity index (χ4v) is 1.82. The lowest BCUT2D eigenvalue weighted by Crippen LogP contribution is -2.39. The molecule has 0 spiro atoms. The number of aliphatic hydroxyl groups excluding tert-OH is 1. The van der Waals surface area contributed by atoms with Crippen molar-refractivity contribution >= 4 is 7.85 Å². The Morgan fingerprint density at radius 2 is 2.45 bits per heavy atom. The molecule has 2 rings (SSSR count). The van der Waals surface area contributed by atoms with Crippen LogP contribution in [0.2, 0.25) is 0 Å². The van der Waals surface area contributed by atoms with E-state index in [1.54, 1.807) is 0 Å². The van der Waals surface area contributed by atoms with Gasteiger partial charge in [-0.05, 0) is 6.42 Å². The van der Waals surface area contributed by atoms with Crippen molar-refractivity contribution in [2.45, 2.75) is 37.2 Å². The SMILES string of the molecule is [B][C@@H]1O[C@@]2(CC)COC1C2O. The highest BCUT2D eigenvalue weighted by atomic mass is 16.6. The molecule has 2 saturated heterocycles. The molecule has 4 heteroatoms. The van der Waals surface area contributed by atoms with Crippen LogP contribution in [-0.2, 0) is 9.47 Å². The predicted molar refractivity (Wildman–Crippen MR) is 39.4 cm³/mol. The second-order valence-electron chi connectivity index (χ2n) is 3.22. The molecule has 4 atom stereocenters. The summed E-state index contributed by atoms with van der Waals surface area (Å²) in [5.74, 6) is 0. The van der Waals surface area contributed by atoms with Crippen LogP contribution in [0.5, 0.6) is 0 Å². The Morgan fingerprint density at radius 1 is 1.73 bits per heavy atom. The highest BCUT2D eigenvalue weighted by molar-refractivity contribution is 6.11. The third-order valence-electron chi connectivity index (χ3n) is 2.66. The van der Waals surface area contributed by atoms with E-state index in [-0.39, 0.29) is 6.10 Å². The molecule has 2 heterocycles. The van der Waals surface area contributed by atoms with Gasteiger partial charge in [0, 0.05) is 6.00 Å². The lowest BCUT2D eigenvalue weighted by molar-refractivity contribution is -0.118. The molecule has 2 fully saturated rings. The Kier molecular flexibility index (Phi) is 1.53. The number of aliphatic hydroxyl groups is 1. The van der Waals surface area contributed by atoms with Crippen LogP contribution in [0.1, 0.15) is 13.3 Å². The van der Waals surface area contributed by atoms with E-state index < -0.39 is 17.7 Å². The van der Waals surface area contributed by atoms with Gasteiger partial charge in [-0.1, -0.05) is 6.92 Å². The topological polar surface area (TPSA) is 38.7 Å². The van der Waals surface area contributed by atoms with Gasteiger partial charge in [0.1, 0.15) is 25.7 Å². The minimum Gasteiger partial charge on any atom is -0.387 e. The molecule has 0 amide bonds. The number of ether oxygens (including phenoxy) is 2. The summed E-state index contributed by atoms with van der Waals surface area (Å²) in [7, 11) is 5.56. The van der Waals surface area contributed by atoms with Crippen LogP contribution in [0.4, 0.5) is 0 Å². The summed E-state index contributed by atoms with van der Waals surface area (Å²) in [5.41, 5.74) is -0.510. The average molecular weight is 154 g/mol. The quantitative estimate of drug-likeness (QED) is 0.513. The van der Waals surface area contributed by atoms with Crippen molar-refractivity contribution in [2.24, 2.45) is 0 Å². The molecule has 0 aromatic rings.